The average molecular weight is 235 g/mol. The molecular weight excluding hydrogens is 218 g/mol. The van der Waals surface area contributed by atoms with Gasteiger partial charge in [-0.25, -0.2) is 0 Å². The number of hydrogen-bond donors (Lipinski definition) is 2. The smallest absolute Gasteiger partial charge is 0.227 e. The molecule has 1 aromatic rings. The van der Waals surface area contributed by atoms with Crippen LogP contribution in [0.3, 0.4) is 0 Å². The van der Waals surface area contributed by atoms with Crippen LogP contribution in [0.5, 0.6) is 5.75 Å². The van der Waals surface area contributed by atoms with Gasteiger partial charge in [-0.2, -0.15) is 0 Å². The second-order valence-corrected chi connectivity index (χ2v) is 4.52. The summed E-state index contributed by atoms with van der Waals surface area (Å²) < 4.78 is 0. The van der Waals surface area contributed by atoms with E-state index in [0.717, 1.165) is 18.5 Å². The molecule has 1 unspecified atom stereocenters. The number of aromatic hydroxyl groups is 1. The Kier molecular flexibility index (Phi) is 3.64. The van der Waals surface area contributed by atoms with Gasteiger partial charge in [-0.1, -0.05) is 12.1 Å². The Morgan fingerprint density at radius 2 is 2.29 bits per heavy atom. The molecule has 92 valence electrons. The fourth-order valence-corrected chi connectivity index (χ4v) is 2.16. The van der Waals surface area contributed by atoms with Gasteiger partial charge >= 0.3 is 0 Å². The minimum atomic E-state index is 0.0616. The number of aliphatic hydroxyl groups excluding tert-OH is 1. The lowest BCUT2D eigenvalue weighted by molar-refractivity contribution is -0.129. The van der Waals surface area contributed by atoms with E-state index in [9.17, 15) is 9.90 Å². The van der Waals surface area contributed by atoms with Crippen LogP contribution in [0.2, 0.25) is 0 Å². The number of amides is 1. The number of likely N-dealkylation sites (tertiary alicyclic amines) is 1. The first-order chi connectivity index (χ1) is 8.19. The number of phenolic OH excluding ortho intramolecular Hbond substituents is 1. The summed E-state index contributed by atoms with van der Waals surface area (Å²) in [4.78, 5) is 13.7. The first-order valence-electron chi connectivity index (χ1n) is 5.85. The largest absolute Gasteiger partial charge is 0.508 e. The molecule has 2 rings (SSSR count). The highest BCUT2D eigenvalue weighted by atomic mass is 16.3. The normalized spacial score (nSPS) is 19.6. The lowest BCUT2D eigenvalue weighted by atomic mass is 10.1. The second-order valence-electron chi connectivity index (χ2n) is 4.52. The first-order valence-corrected chi connectivity index (χ1v) is 5.85. The van der Waals surface area contributed by atoms with Crippen molar-refractivity contribution in [3.8, 4) is 5.75 Å². The van der Waals surface area contributed by atoms with E-state index >= 15 is 0 Å². The zero-order chi connectivity index (χ0) is 12.3. The van der Waals surface area contributed by atoms with Gasteiger partial charge in [-0.05, 0) is 24.1 Å². The van der Waals surface area contributed by atoms with Crippen molar-refractivity contribution in [2.24, 2.45) is 5.92 Å². The first kappa shape index (κ1) is 11.9. The number of nitrogens with zero attached hydrogens (tertiary/aromatic N) is 1. The molecule has 0 radical (unpaired) electrons. The van der Waals surface area contributed by atoms with Crippen molar-refractivity contribution >= 4 is 5.91 Å². The summed E-state index contributed by atoms with van der Waals surface area (Å²) in [5.41, 5.74) is 0.822. The number of benzene rings is 1. The SMILES string of the molecule is O=C(Cc1cccc(O)c1)N1CCC(CO)C1. The molecule has 0 bridgehead atoms. The Morgan fingerprint density at radius 3 is 2.94 bits per heavy atom. The van der Waals surface area contributed by atoms with Gasteiger partial charge < -0.3 is 15.1 Å². The van der Waals surface area contributed by atoms with E-state index in [1.807, 2.05) is 6.07 Å². The predicted octanol–water partition coefficient (Wildman–Crippen LogP) is 0.776. The van der Waals surface area contributed by atoms with Gasteiger partial charge in [0.15, 0.2) is 0 Å². The molecule has 1 amide bonds. The Labute approximate surface area is 100 Å². The third-order valence-corrected chi connectivity index (χ3v) is 3.16. The molecule has 1 saturated heterocycles. The van der Waals surface area contributed by atoms with Crippen LogP contribution in [-0.4, -0.2) is 40.7 Å². The summed E-state index contributed by atoms with van der Waals surface area (Å²) in [6.07, 6.45) is 1.19. The standard InChI is InChI=1S/C13H17NO3/c15-9-11-4-5-14(8-11)13(17)7-10-2-1-3-12(16)6-10/h1-3,6,11,15-16H,4-5,7-9H2. The van der Waals surface area contributed by atoms with Gasteiger partial charge in [0.05, 0.1) is 6.42 Å². The lowest BCUT2D eigenvalue weighted by Crippen LogP contribution is -2.30. The maximum atomic E-state index is 12.0. The molecule has 4 nitrogen and oxygen atoms in total. The fourth-order valence-electron chi connectivity index (χ4n) is 2.16. The summed E-state index contributed by atoms with van der Waals surface area (Å²) >= 11 is 0. The predicted molar refractivity (Wildman–Crippen MR) is 63.6 cm³/mol. The zero-order valence-corrected chi connectivity index (χ0v) is 9.67. The molecule has 1 fully saturated rings. The van der Waals surface area contributed by atoms with Gasteiger partial charge in [0.25, 0.3) is 0 Å². The molecule has 0 aromatic heterocycles. The molecule has 2 N–H and O–H groups in total. The van der Waals surface area contributed by atoms with Crippen molar-refractivity contribution in [1.29, 1.82) is 0 Å². The average Bonchev–Trinajstić information content (AvgIpc) is 2.77. The number of phenols is 1. The van der Waals surface area contributed by atoms with Crippen LogP contribution in [0.15, 0.2) is 24.3 Å². The van der Waals surface area contributed by atoms with Crippen LogP contribution in [0.4, 0.5) is 0 Å². The fraction of sp³-hybridized carbons (Fsp3) is 0.462. The van der Waals surface area contributed by atoms with E-state index < -0.39 is 0 Å². The van der Waals surface area contributed by atoms with Crippen molar-refractivity contribution in [3.05, 3.63) is 29.8 Å². The van der Waals surface area contributed by atoms with Crippen molar-refractivity contribution in [1.82, 2.24) is 4.90 Å². The summed E-state index contributed by atoms with van der Waals surface area (Å²) in [5, 5.41) is 18.3. The second kappa shape index (κ2) is 5.19. The zero-order valence-electron chi connectivity index (χ0n) is 9.67. The van der Waals surface area contributed by atoms with Crippen molar-refractivity contribution in [2.75, 3.05) is 19.7 Å². The van der Waals surface area contributed by atoms with Crippen LogP contribution in [0, 0.1) is 5.92 Å². The van der Waals surface area contributed by atoms with Crippen LogP contribution >= 0.6 is 0 Å². The van der Waals surface area contributed by atoms with Crippen LogP contribution in [0.1, 0.15) is 12.0 Å². The summed E-state index contributed by atoms with van der Waals surface area (Å²) in [5.74, 6) is 0.472. The van der Waals surface area contributed by atoms with E-state index in [4.69, 9.17) is 5.11 Å². The van der Waals surface area contributed by atoms with Crippen molar-refractivity contribution < 1.29 is 15.0 Å². The molecular formula is C13H17NO3. The van der Waals surface area contributed by atoms with Crippen LogP contribution < -0.4 is 0 Å². The molecule has 1 atom stereocenters. The third-order valence-electron chi connectivity index (χ3n) is 3.16. The number of hydrogen-bond acceptors (Lipinski definition) is 3. The number of rotatable bonds is 3. The van der Waals surface area contributed by atoms with Crippen molar-refractivity contribution in [2.45, 2.75) is 12.8 Å². The molecule has 0 aliphatic carbocycles. The van der Waals surface area contributed by atoms with E-state index in [1.54, 1.807) is 23.1 Å². The number of aliphatic hydroxyl groups is 1. The third kappa shape index (κ3) is 2.97. The maximum Gasteiger partial charge on any atom is 0.227 e. The highest BCUT2D eigenvalue weighted by molar-refractivity contribution is 5.79. The van der Waals surface area contributed by atoms with E-state index in [-0.39, 0.29) is 24.2 Å². The molecule has 1 aliphatic heterocycles. The van der Waals surface area contributed by atoms with Gasteiger partial charge in [-0.3, -0.25) is 4.79 Å². The highest BCUT2D eigenvalue weighted by Gasteiger charge is 2.25. The summed E-state index contributed by atoms with van der Waals surface area (Å²) in [7, 11) is 0. The molecule has 1 aromatic carbocycles. The Morgan fingerprint density at radius 1 is 1.47 bits per heavy atom. The van der Waals surface area contributed by atoms with E-state index in [2.05, 4.69) is 0 Å². The van der Waals surface area contributed by atoms with Gasteiger partial charge in [0, 0.05) is 25.6 Å². The maximum absolute atomic E-state index is 12.0. The van der Waals surface area contributed by atoms with Gasteiger partial charge in [0.2, 0.25) is 5.91 Å². The minimum absolute atomic E-state index is 0.0616. The summed E-state index contributed by atoms with van der Waals surface area (Å²) in [6, 6.07) is 6.76. The van der Waals surface area contributed by atoms with Crippen LogP contribution in [0.25, 0.3) is 0 Å². The molecule has 1 heterocycles. The molecule has 0 spiro atoms. The minimum Gasteiger partial charge on any atom is -0.508 e. The molecule has 1 aliphatic rings. The van der Waals surface area contributed by atoms with Crippen molar-refractivity contribution in [3.63, 3.8) is 0 Å². The number of carbonyl (C=O) groups is 1. The summed E-state index contributed by atoms with van der Waals surface area (Å²) in [6.45, 7) is 1.52. The molecule has 17 heavy (non-hydrogen) atoms. The Hall–Kier alpha value is -1.55. The molecule has 0 saturated carbocycles. The van der Waals surface area contributed by atoms with E-state index in [0.29, 0.717) is 13.0 Å². The Bertz CT molecular complexity index is 405. The monoisotopic (exact) mass is 235 g/mol. The van der Waals surface area contributed by atoms with E-state index in [1.165, 1.54) is 0 Å². The topological polar surface area (TPSA) is 60.8 Å². The van der Waals surface area contributed by atoms with Crippen LogP contribution in [-0.2, 0) is 11.2 Å². The Balaban J connectivity index is 1.93. The lowest BCUT2D eigenvalue weighted by Gasteiger charge is -2.16. The highest BCUT2D eigenvalue weighted by Crippen LogP contribution is 2.18. The quantitative estimate of drug-likeness (QED) is 0.813. The van der Waals surface area contributed by atoms with Gasteiger partial charge in [0.1, 0.15) is 5.75 Å². The van der Waals surface area contributed by atoms with Gasteiger partial charge in [-0.15, -0.1) is 0 Å². The molecule has 4 heteroatoms. The number of carbonyl (C=O) groups excluding carboxylic acids is 1.